The van der Waals surface area contributed by atoms with Gasteiger partial charge in [0.25, 0.3) is 0 Å². The number of rotatable bonds is 2. The summed E-state index contributed by atoms with van der Waals surface area (Å²) in [6.07, 6.45) is 3.37. The quantitative estimate of drug-likeness (QED) is 0.714. The number of nitrogens with one attached hydrogen (secondary N) is 1. The van der Waals surface area contributed by atoms with E-state index < -0.39 is 0 Å². The summed E-state index contributed by atoms with van der Waals surface area (Å²) in [5.41, 5.74) is 0.374. The molecule has 14 heavy (non-hydrogen) atoms. The first-order chi connectivity index (χ1) is 6.64. The van der Waals surface area contributed by atoms with E-state index in [0.29, 0.717) is 11.3 Å². The van der Waals surface area contributed by atoms with Crippen molar-refractivity contribution in [2.45, 2.75) is 39.2 Å². The van der Waals surface area contributed by atoms with E-state index in [-0.39, 0.29) is 6.04 Å². The van der Waals surface area contributed by atoms with Crippen molar-refractivity contribution in [3.05, 3.63) is 0 Å². The topological polar surface area (TPSA) is 32.3 Å². The van der Waals surface area contributed by atoms with Crippen LogP contribution in [0.15, 0.2) is 0 Å². The fraction of sp³-hybridized carbons (Fsp3) is 0.909. The monoisotopic (exact) mass is 196 g/mol. The molecule has 1 unspecified atom stereocenters. The zero-order chi connectivity index (χ0) is 10.2. The van der Waals surface area contributed by atoms with E-state index in [1.165, 1.54) is 12.8 Å². The second kappa shape index (κ2) is 3.54. The maximum Gasteiger partial charge on any atom is 0.239 e. The molecule has 2 fully saturated rings. The standard InChI is InChI=1S/C11H20N2O/c1-3-11(2)5-7-13(8-11)10(14)9-4-6-12-9/h9,12H,3-8H2,1-2H3/t9-,11?/m1/s1. The molecular weight excluding hydrogens is 176 g/mol. The Bertz CT molecular complexity index is 237. The lowest BCUT2D eigenvalue weighted by atomic mass is 9.87. The van der Waals surface area contributed by atoms with Gasteiger partial charge in [-0.2, -0.15) is 0 Å². The predicted octanol–water partition coefficient (Wildman–Crippen LogP) is 0.997. The maximum absolute atomic E-state index is 11.9. The Morgan fingerprint density at radius 3 is 2.79 bits per heavy atom. The molecule has 3 heteroatoms. The van der Waals surface area contributed by atoms with Gasteiger partial charge in [-0.25, -0.2) is 0 Å². The summed E-state index contributed by atoms with van der Waals surface area (Å²) in [4.78, 5) is 13.9. The van der Waals surface area contributed by atoms with Gasteiger partial charge in [0.05, 0.1) is 6.04 Å². The normalized spacial score (nSPS) is 37.0. The summed E-state index contributed by atoms with van der Waals surface area (Å²) in [6.45, 7) is 7.43. The lowest BCUT2D eigenvalue weighted by molar-refractivity contribution is -0.134. The van der Waals surface area contributed by atoms with Gasteiger partial charge < -0.3 is 10.2 Å². The SMILES string of the molecule is CCC1(C)CCN(C(=O)[C@H]2CCN2)C1. The van der Waals surface area contributed by atoms with Crippen molar-refractivity contribution in [1.82, 2.24) is 10.2 Å². The van der Waals surface area contributed by atoms with Crippen molar-refractivity contribution in [3.8, 4) is 0 Å². The lowest BCUT2D eigenvalue weighted by Gasteiger charge is -2.31. The summed E-state index contributed by atoms with van der Waals surface area (Å²) in [6, 6.07) is 0.134. The molecule has 0 bridgehead atoms. The summed E-state index contributed by atoms with van der Waals surface area (Å²) >= 11 is 0. The number of nitrogens with zero attached hydrogens (tertiary/aromatic N) is 1. The molecule has 0 aliphatic carbocycles. The zero-order valence-corrected chi connectivity index (χ0v) is 9.18. The van der Waals surface area contributed by atoms with Gasteiger partial charge in [0.15, 0.2) is 0 Å². The van der Waals surface area contributed by atoms with Crippen molar-refractivity contribution in [1.29, 1.82) is 0 Å². The Morgan fingerprint density at radius 2 is 2.36 bits per heavy atom. The molecule has 2 aliphatic rings. The Morgan fingerprint density at radius 1 is 1.64 bits per heavy atom. The first-order valence-corrected chi connectivity index (χ1v) is 5.67. The molecular formula is C11H20N2O. The minimum Gasteiger partial charge on any atom is -0.341 e. The minimum atomic E-state index is 0.134. The van der Waals surface area contributed by atoms with E-state index in [1.54, 1.807) is 0 Å². The second-order valence-corrected chi connectivity index (χ2v) is 4.97. The van der Waals surface area contributed by atoms with Crippen LogP contribution in [0, 0.1) is 5.41 Å². The van der Waals surface area contributed by atoms with Crippen molar-refractivity contribution in [2.75, 3.05) is 19.6 Å². The van der Waals surface area contributed by atoms with E-state index in [9.17, 15) is 4.79 Å². The predicted molar refractivity (Wildman–Crippen MR) is 56.0 cm³/mol. The smallest absolute Gasteiger partial charge is 0.239 e. The Kier molecular flexibility index (Phi) is 2.52. The van der Waals surface area contributed by atoms with E-state index in [0.717, 1.165) is 26.1 Å². The third-order valence-electron chi connectivity index (χ3n) is 3.84. The second-order valence-electron chi connectivity index (χ2n) is 4.97. The molecule has 0 saturated carbocycles. The molecule has 0 aromatic heterocycles. The van der Waals surface area contributed by atoms with Gasteiger partial charge in [-0.15, -0.1) is 0 Å². The number of hydrogen-bond acceptors (Lipinski definition) is 2. The lowest BCUT2D eigenvalue weighted by Crippen LogP contribution is -2.54. The van der Waals surface area contributed by atoms with E-state index >= 15 is 0 Å². The fourth-order valence-corrected chi connectivity index (χ4v) is 2.22. The summed E-state index contributed by atoms with van der Waals surface area (Å²) in [7, 11) is 0. The molecule has 1 N–H and O–H groups in total. The molecule has 1 amide bonds. The van der Waals surface area contributed by atoms with Crippen LogP contribution in [0.4, 0.5) is 0 Å². The summed E-state index contributed by atoms with van der Waals surface area (Å²) < 4.78 is 0. The van der Waals surface area contributed by atoms with Gasteiger partial charge in [-0.1, -0.05) is 13.8 Å². The van der Waals surface area contributed by atoms with Gasteiger partial charge in [-0.3, -0.25) is 4.79 Å². The molecule has 2 aliphatic heterocycles. The van der Waals surface area contributed by atoms with Crippen LogP contribution in [0.1, 0.15) is 33.1 Å². The van der Waals surface area contributed by atoms with Crippen molar-refractivity contribution >= 4 is 5.91 Å². The number of hydrogen-bond donors (Lipinski definition) is 1. The molecule has 3 nitrogen and oxygen atoms in total. The van der Waals surface area contributed by atoms with Crippen LogP contribution in [0.2, 0.25) is 0 Å². The average molecular weight is 196 g/mol. The Balaban J connectivity index is 1.91. The van der Waals surface area contributed by atoms with Crippen LogP contribution in [-0.4, -0.2) is 36.5 Å². The summed E-state index contributed by atoms with van der Waals surface area (Å²) in [5, 5.41) is 3.18. The maximum atomic E-state index is 11.9. The van der Waals surface area contributed by atoms with Gasteiger partial charge >= 0.3 is 0 Å². The highest BCUT2D eigenvalue weighted by Gasteiger charge is 2.38. The van der Waals surface area contributed by atoms with E-state index in [2.05, 4.69) is 19.2 Å². The number of likely N-dealkylation sites (tertiary alicyclic amines) is 1. The van der Waals surface area contributed by atoms with Crippen LogP contribution in [0.5, 0.6) is 0 Å². The molecule has 0 aromatic rings. The summed E-state index contributed by atoms with van der Waals surface area (Å²) in [5.74, 6) is 0.327. The van der Waals surface area contributed by atoms with Crippen molar-refractivity contribution in [3.63, 3.8) is 0 Å². The van der Waals surface area contributed by atoms with Crippen LogP contribution in [0.25, 0.3) is 0 Å². The van der Waals surface area contributed by atoms with Crippen molar-refractivity contribution in [2.24, 2.45) is 5.41 Å². The van der Waals surface area contributed by atoms with Gasteiger partial charge in [-0.05, 0) is 31.2 Å². The molecule has 2 atom stereocenters. The molecule has 0 radical (unpaired) electrons. The Hall–Kier alpha value is -0.570. The largest absolute Gasteiger partial charge is 0.341 e. The molecule has 80 valence electrons. The zero-order valence-electron chi connectivity index (χ0n) is 9.18. The highest BCUT2D eigenvalue weighted by atomic mass is 16.2. The van der Waals surface area contributed by atoms with Gasteiger partial charge in [0.1, 0.15) is 0 Å². The Labute approximate surface area is 85.8 Å². The van der Waals surface area contributed by atoms with Crippen molar-refractivity contribution < 1.29 is 4.79 Å². The molecule has 0 spiro atoms. The van der Waals surface area contributed by atoms with Crippen LogP contribution < -0.4 is 5.32 Å². The molecule has 2 heterocycles. The van der Waals surface area contributed by atoms with Crippen LogP contribution in [-0.2, 0) is 4.79 Å². The molecule has 0 aromatic carbocycles. The number of amides is 1. The van der Waals surface area contributed by atoms with E-state index in [4.69, 9.17) is 0 Å². The number of carbonyl (C=O) groups excluding carboxylic acids is 1. The highest BCUT2D eigenvalue weighted by Crippen LogP contribution is 2.33. The third kappa shape index (κ3) is 1.65. The van der Waals surface area contributed by atoms with Crippen LogP contribution in [0.3, 0.4) is 0 Å². The highest BCUT2D eigenvalue weighted by molar-refractivity contribution is 5.83. The third-order valence-corrected chi connectivity index (χ3v) is 3.84. The average Bonchev–Trinajstić information content (AvgIpc) is 2.46. The molecule has 2 rings (SSSR count). The first-order valence-electron chi connectivity index (χ1n) is 5.67. The van der Waals surface area contributed by atoms with E-state index in [1.807, 2.05) is 4.90 Å². The van der Waals surface area contributed by atoms with Gasteiger partial charge in [0.2, 0.25) is 5.91 Å². The van der Waals surface area contributed by atoms with Gasteiger partial charge in [0, 0.05) is 13.1 Å². The number of carbonyl (C=O) groups is 1. The minimum absolute atomic E-state index is 0.134. The fourth-order valence-electron chi connectivity index (χ4n) is 2.22. The molecule has 2 saturated heterocycles. The first kappa shape index (κ1) is 9.97. The van der Waals surface area contributed by atoms with Crippen LogP contribution >= 0.6 is 0 Å².